The van der Waals surface area contributed by atoms with Gasteiger partial charge in [0.25, 0.3) is 5.22 Å². The van der Waals surface area contributed by atoms with Gasteiger partial charge in [0.15, 0.2) is 0 Å². The van der Waals surface area contributed by atoms with Gasteiger partial charge in [-0.25, -0.2) is 4.98 Å². The summed E-state index contributed by atoms with van der Waals surface area (Å²) >= 11 is 1.28. The Bertz CT molecular complexity index is 340. The Morgan fingerprint density at radius 1 is 1.75 bits per heavy atom. The van der Waals surface area contributed by atoms with E-state index in [1.165, 1.54) is 24.2 Å². The molecule has 0 amide bonds. The molecule has 5 nitrogen and oxygen atoms in total. The van der Waals surface area contributed by atoms with E-state index < -0.39 is 11.5 Å². The summed E-state index contributed by atoms with van der Waals surface area (Å²) in [5.41, 5.74) is -0.979. The topological polar surface area (TPSA) is 75.4 Å². The first-order valence-corrected chi connectivity index (χ1v) is 5.96. The van der Waals surface area contributed by atoms with Crippen LogP contribution in [-0.2, 0) is 4.79 Å². The van der Waals surface area contributed by atoms with E-state index in [1.807, 2.05) is 13.8 Å². The molecule has 0 aliphatic rings. The van der Waals surface area contributed by atoms with Crippen LogP contribution < -0.4 is 5.32 Å². The largest absolute Gasteiger partial charge is 0.480 e. The van der Waals surface area contributed by atoms with Crippen LogP contribution in [0.5, 0.6) is 0 Å². The molecule has 0 aliphatic carbocycles. The highest BCUT2D eigenvalue weighted by Gasteiger charge is 2.34. The van der Waals surface area contributed by atoms with E-state index in [4.69, 9.17) is 4.42 Å². The SMILES string of the molecule is CC(C)NC(C)(CSc1ncco1)C(=O)O. The number of carbonyl (C=O) groups is 1. The fourth-order valence-corrected chi connectivity index (χ4v) is 2.17. The van der Waals surface area contributed by atoms with Crippen LogP contribution >= 0.6 is 11.8 Å². The van der Waals surface area contributed by atoms with Crippen molar-refractivity contribution in [2.45, 2.75) is 37.6 Å². The van der Waals surface area contributed by atoms with Crippen molar-refractivity contribution < 1.29 is 14.3 Å². The Kier molecular flexibility index (Phi) is 4.37. The molecule has 90 valence electrons. The summed E-state index contributed by atoms with van der Waals surface area (Å²) in [4.78, 5) is 15.1. The molecule has 1 unspecified atom stereocenters. The molecule has 1 rings (SSSR count). The van der Waals surface area contributed by atoms with Gasteiger partial charge in [-0.3, -0.25) is 10.1 Å². The van der Waals surface area contributed by atoms with E-state index >= 15 is 0 Å². The first-order chi connectivity index (χ1) is 7.44. The van der Waals surface area contributed by atoms with Gasteiger partial charge in [-0.1, -0.05) is 11.8 Å². The van der Waals surface area contributed by atoms with E-state index in [2.05, 4.69) is 10.3 Å². The van der Waals surface area contributed by atoms with Crippen LogP contribution in [0.3, 0.4) is 0 Å². The Morgan fingerprint density at radius 3 is 2.88 bits per heavy atom. The lowest BCUT2D eigenvalue weighted by molar-refractivity contribution is -0.143. The second kappa shape index (κ2) is 5.36. The number of nitrogens with zero attached hydrogens (tertiary/aromatic N) is 1. The van der Waals surface area contributed by atoms with Crippen LogP contribution in [0.15, 0.2) is 22.1 Å². The van der Waals surface area contributed by atoms with Gasteiger partial charge in [0, 0.05) is 11.8 Å². The standard InChI is InChI=1S/C10H16N2O3S/c1-7(2)12-10(3,8(13)14)6-16-9-11-4-5-15-9/h4-5,7,12H,6H2,1-3H3,(H,13,14). The van der Waals surface area contributed by atoms with Crippen LogP contribution in [0, 0.1) is 0 Å². The first-order valence-electron chi connectivity index (χ1n) is 4.97. The number of oxazole rings is 1. The minimum atomic E-state index is -0.979. The molecule has 16 heavy (non-hydrogen) atoms. The third kappa shape index (κ3) is 3.53. The molecule has 0 aliphatic heterocycles. The van der Waals surface area contributed by atoms with E-state index in [0.717, 1.165) is 0 Å². The van der Waals surface area contributed by atoms with Gasteiger partial charge < -0.3 is 9.52 Å². The number of thioether (sulfide) groups is 1. The molecule has 1 atom stereocenters. The molecule has 0 aromatic carbocycles. The maximum Gasteiger partial charge on any atom is 0.324 e. The number of hydrogen-bond acceptors (Lipinski definition) is 5. The van der Waals surface area contributed by atoms with Gasteiger partial charge in [-0.05, 0) is 20.8 Å². The number of rotatable bonds is 6. The second-order valence-corrected chi connectivity index (χ2v) is 4.95. The molecule has 0 saturated carbocycles. The lowest BCUT2D eigenvalue weighted by atomic mass is 10.1. The Hall–Kier alpha value is -1.01. The summed E-state index contributed by atoms with van der Waals surface area (Å²) in [7, 11) is 0. The third-order valence-electron chi connectivity index (χ3n) is 1.97. The van der Waals surface area contributed by atoms with E-state index in [-0.39, 0.29) is 6.04 Å². The fraction of sp³-hybridized carbons (Fsp3) is 0.600. The highest BCUT2D eigenvalue weighted by atomic mass is 32.2. The molecule has 1 aromatic heterocycles. The van der Waals surface area contributed by atoms with Crippen molar-refractivity contribution in [1.82, 2.24) is 10.3 Å². The quantitative estimate of drug-likeness (QED) is 0.740. The second-order valence-electron chi connectivity index (χ2n) is 4.02. The lowest BCUT2D eigenvalue weighted by Crippen LogP contribution is -2.54. The summed E-state index contributed by atoms with van der Waals surface area (Å²) in [5.74, 6) is -0.513. The predicted octanol–water partition coefficient (Wildman–Crippen LogP) is 1.61. The molecular formula is C10H16N2O3S. The van der Waals surface area contributed by atoms with Gasteiger partial charge >= 0.3 is 5.97 Å². The van der Waals surface area contributed by atoms with Crippen LogP contribution in [0.4, 0.5) is 0 Å². The minimum absolute atomic E-state index is 0.103. The van der Waals surface area contributed by atoms with Gasteiger partial charge in [0.2, 0.25) is 0 Å². The van der Waals surface area contributed by atoms with E-state index in [1.54, 1.807) is 6.92 Å². The van der Waals surface area contributed by atoms with Crippen molar-refractivity contribution in [3.05, 3.63) is 12.5 Å². The molecule has 0 radical (unpaired) electrons. The van der Waals surface area contributed by atoms with Crippen molar-refractivity contribution in [2.24, 2.45) is 0 Å². The van der Waals surface area contributed by atoms with Gasteiger partial charge in [0.05, 0.1) is 6.20 Å². The molecule has 6 heteroatoms. The molecule has 1 heterocycles. The highest BCUT2D eigenvalue weighted by molar-refractivity contribution is 7.99. The van der Waals surface area contributed by atoms with Gasteiger partial charge in [0.1, 0.15) is 11.8 Å². The Balaban J connectivity index is 2.61. The van der Waals surface area contributed by atoms with Crippen molar-refractivity contribution >= 4 is 17.7 Å². The summed E-state index contributed by atoms with van der Waals surface area (Å²) in [6, 6.07) is 0.103. The summed E-state index contributed by atoms with van der Waals surface area (Å²) in [5, 5.41) is 12.7. The van der Waals surface area contributed by atoms with Gasteiger partial charge in [-0.15, -0.1) is 0 Å². The maximum absolute atomic E-state index is 11.2. The van der Waals surface area contributed by atoms with Crippen LogP contribution in [-0.4, -0.2) is 33.4 Å². The number of aromatic nitrogens is 1. The number of carboxylic acid groups (broad SMARTS) is 1. The summed E-state index contributed by atoms with van der Waals surface area (Å²) < 4.78 is 5.04. The first kappa shape index (κ1) is 13.1. The number of carboxylic acids is 1. The Morgan fingerprint density at radius 2 is 2.44 bits per heavy atom. The average Bonchev–Trinajstić information content (AvgIpc) is 2.65. The van der Waals surface area contributed by atoms with Crippen molar-refractivity contribution in [2.75, 3.05) is 5.75 Å². The maximum atomic E-state index is 11.2. The molecule has 0 bridgehead atoms. The number of aliphatic carboxylic acids is 1. The summed E-state index contributed by atoms with van der Waals surface area (Å²) in [6.07, 6.45) is 3.01. The van der Waals surface area contributed by atoms with E-state index in [0.29, 0.717) is 11.0 Å². The van der Waals surface area contributed by atoms with Gasteiger partial charge in [-0.2, -0.15) is 0 Å². The highest BCUT2D eigenvalue weighted by Crippen LogP contribution is 2.21. The smallest absolute Gasteiger partial charge is 0.324 e. The van der Waals surface area contributed by atoms with Crippen LogP contribution in [0.25, 0.3) is 0 Å². The fourth-order valence-electron chi connectivity index (χ4n) is 1.29. The molecule has 0 saturated heterocycles. The monoisotopic (exact) mass is 244 g/mol. The minimum Gasteiger partial charge on any atom is -0.480 e. The average molecular weight is 244 g/mol. The number of nitrogens with one attached hydrogen (secondary N) is 1. The van der Waals surface area contributed by atoms with Crippen molar-refractivity contribution in [3.63, 3.8) is 0 Å². The normalized spacial score (nSPS) is 15.0. The molecule has 0 fully saturated rings. The third-order valence-corrected chi connectivity index (χ3v) is 3.14. The van der Waals surface area contributed by atoms with Crippen molar-refractivity contribution in [1.29, 1.82) is 0 Å². The lowest BCUT2D eigenvalue weighted by Gasteiger charge is -2.27. The molecule has 1 aromatic rings. The van der Waals surface area contributed by atoms with Crippen LogP contribution in [0.2, 0.25) is 0 Å². The van der Waals surface area contributed by atoms with E-state index in [9.17, 15) is 9.90 Å². The Labute approximate surface area is 98.6 Å². The molecule has 0 spiro atoms. The predicted molar refractivity (Wildman–Crippen MR) is 61.5 cm³/mol. The zero-order chi connectivity index (χ0) is 12.2. The zero-order valence-corrected chi connectivity index (χ0v) is 10.4. The molecular weight excluding hydrogens is 228 g/mol. The summed E-state index contributed by atoms with van der Waals surface area (Å²) in [6.45, 7) is 5.49. The zero-order valence-electron chi connectivity index (χ0n) is 9.56. The number of hydrogen-bond donors (Lipinski definition) is 2. The van der Waals surface area contributed by atoms with Crippen molar-refractivity contribution in [3.8, 4) is 0 Å². The molecule has 2 N–H and O–H groups in total. The van der Waals surface area contributed by atoms with Crippen LogP contribution in [0.1, 0.15) is 20.8 Å².